The lowest BCUT2D eigenvalue weighted by atomic mass is 9.89. The summed E-state index contributed by atoms with van der Waals surface area (Å²) in [5.41, 5.74) is 5.89. The largest absolute Gasteiger partial charge is 0.396 e. The quantitative estimate of drug-likeness (QED) is 0.791. The molecular formula is C13H17FN2O2. The molecule has 1 saturated heterocycles. The van der Waals surface area contributed by atoms with Crippen LogP contribution in [0.4, 0.5) is 15.8 Å². The van der Waals surface area contributed by atoms with Gasteiger partial charge in [-0.05, 0) is 30.5 Å². The molecule has 4 nitrogen and oxygen atoms in total. The number of anilines is 2. The van der Waals surface area contributed by atoms with E-state index in [1.807, 2.05) is 6.92 Å². The first-order valence-corrected chi connectivity index (χ1v) is 6.01. The minimum atomic E-state index is -0.521. The van der Waals surface area contributed by atoms with E-state index in [2.05, 4.69) is 5.32 Å². The molecule has 3 N–H and O–H groups in total. The molecule has 2 rings (SSSR count). The van der Waals surface area contributed by atoms with Crippen molar-refractivity contribution in [2.45, 2.75) is 13.3 Å². The van der Waals surface area contributed by atoms with Gasteiger partial charge in [-0.15, -0.1) is 0 Å². The van der Waals surface area contributed by atoms with Crippen molar-refractivity contribution >= 4 is 17.3 Å². The monoisotopic (exact) mass is 252 g/mol. The molecule has 5 heteroatoms. The molecule has 1 aromatic rings. The third-order valence-electron chi connectivity index (χ3n) is 3.25. The van der Waals surface area contributed by atoms with Crippen molar-refractivity contribution in [1.82, 2.24) is 0 Å². The van der Waals surface area contributed by atoms with Gasteiger partial charge in [-0.2, -0.15) is 0 Å². The molecule has 0 aromatic heterocycles. The van der Waals surface area contributed by atoms with E-state index in [-0.39, 0.29) is 23.4 Å². The van der Waals surface area contributed by atoms with Gasteiger partial charge in [0.05, 0.1) is 5.69 Å². The highest BCUT2D eigenvalue weighted by Gasteiger charge is 2.28. The number of amides is 1. The fourth-order valence-electron chi connectivity index (χ4n) is 2.11. The van der Waals surface area contributed by atoms with Crippen LogP contribution in [0.15, 0.2) is 18.2 Å². The summed E-state index contributed by atoms with van der Waals surface area (Å²) >= 11 is 0. The molecule has 2 unspecified atom stereocenters. The summed E-state index contributed by atoms with van der Waals surface area (Å²) in [5, 5.41) is 2.72. The number of hydrogen-bond acceptors (Lipinski definition) is 3. The number of rotatable bonds is 2. The van der Waals surface area contributed by atoms with Crippen LogP contribution in [-0.2, 0) is 9.53 Å². The highest BCUT2D eigenvalue weighted by atomic mass is 19.1. The smallest absolute Gasteiger partial charge is 0.227 e. The molecule has 1 heterocycles. The fourth-order valence-corrected chi connectivity index (χ4v) is 2.11. The first-order chi connectivity index (χ1) is 8.58. The molecule has 1 aliphatic rings. The average molecular weight is 252 g/mol. The molecule has 18 heavy (non-hydrogen) atoms. The number of nitrogens with one attached hydrogen (secondary N) is 1. The van der Waals surface area contributed by atoms with Gasteiger partial charge < -0.3 is 15.8 Å². The molecule has 1 amide bonds. The average Bonchev–Trinajstić information content (AvgIpc) is 2.34. The number of carbonyl (C=O) groups excluding carboxylic acids is 1. The van der Waals surface area contributed by atoms with Crippen molar-refractivity contribution in [3.63, 3.8) is 0 Å². The van der Waals surface area contributed by atoms with Crippen molar-refractivity contribution in [2.75, 3.05) is 24.3 Å². The SMILES string of the molecule is CC1COCCC1C(=O)Nc1ccc(N)c(F)c1. The van der Waals surface area contributed by atoms with Crippen LogP contribution in [0.3, 0.4) is 0 Å². The van der Waals surface area contributed by atoms with Gasteiger partial charge in [-0.3, -0.25) is 4.79 Å². The van der Waals surface area contributed by atoms with Crippen LogP contribution in [-0.4, -0.2) is 19.1 Å². The van der Waals surface area contributed by atoms with Crippen LogP contribution in [0.1, 0.15) is 13.3 Å². The third-order valence-corrected chi connectivity index (χ3v) is 3.25. The Morgan fingerprint density at radius 2 is 2.33 bits per heavy atom. The van der Waals surface area contributed by atoms with E-state index in [9.17, 15) is 9.18 Å². The molecule has 0 aliphatic carbocycles. The summed E-state index contributed by atoms with van der Waals surface area (Å²) in [4.78, 5) is 12.1. The number of nitrogens with two attached hydrogens (primary N) is 1. The number of ether oxygens (including phenoxy) is 1. The molecular weight excluding hydrogens is 235 g/mol. The summed E-state index contributed by atoms with van der Waals surface area (Å²) < 4.78 is 18.5. The van der Waals surface area contributed by atoms with Crippen LogP contribution in [0.2, 0.25) is 0 Å². The molecule has 1 aliphatic heterocycles. The van der Waals surface area contributed by atoms with Crippen molar-refractivity contribution in [3.8, 4) is 0 Å². The maximum atomic E-state index is 13.3. The predicted molar refractivity (Wildman–Crippen MR) is 67.5 cm³/mol. The standard InChI is InChI=1S/C13H17FN2O2/c1-8-7-18-5-4-10(8)13(17)16-9-2-3-12(15)11(14)6-9/h2-3,6,8,10H,4-5,7,15H2,1H3,(H,16,17). The maximum absolute atomic E-state index is 13.3. The summed E-state index contributed by atoms with van der Waals surface area (Å²) in [6.45, 7) is 3.17. The number of benzene rings is 1. The highest BCUT2D eigenvalue weighted by Crippen LogP contribution is 2.24. The minimum Gasteiger partial charge on any atom is -0.396 e. The first-order valence-electron chi connectivity index (χ1n) is 6.01. The van der Waals surface area contributed by atoms with E-state index in [0.717, 1.165) is 0 Å². The van der Waals surface area contributed by atoms with Gasteiger partial charge in [-0.1, -0.05) is 6.92 Å². The van der Waals surface area contributed by atoms with Crippen molar-refractivity contribution < 1.29 is 13.9 Å². The van der Waals surface area contributed by atoms with E-state index < -0.39 is 5.82 Å². The predicted octanol–water partition coefficient (Wildman–Crippen LogP) is 2.02. The summed E-state index contributed by atoms with van der Waals surface area (Å²) in [6, 6.07) is 4.27. The molecule has 1 fully saturated rings. The first kappa shape index (κ1) is 12.8. The second-order valence-corrected chi connectivity index (χ2v) is 4.67. The third kappa shape index (κ3) is 2.79. The van der Waals surface area contributed by atoms with E-state index in [1.54, 1.807) is 6.07 Å². The number of halogens is 1. The lowest BCUT2D eigenvalue weighted by Gasteiger charge is -2.27. The second-order valence-electron chi connectivity index (χ2n) is 4.67. The van der Waals surface area contributed by atoms with Gasteiger partial charge in [0.15, 0.2) is 0 Å². The molecule has 1 aromatic carbocycles. The molecule has 0 saturated carbocycles. The van der Waals surface area contributed by atoms with E-state index >= 15 is 0 Å². The maximum Gasteiger partial charge on any atom is 0.227 e. The lowest BCUT2D eigenvalue weighted by molar-refractivity contribution is -0.125. The fraction of sp³-hybridized carbons (Fsp3) is 0.462. The normalized spacial score (nSPS) is 23.7. The van der Waals surface area contributed by atoms with Crippen LogP contribution in [0, 0.1) is 17.7 Å². The number of hydrogen-bond donors (Lipinski definition) is 2. The Balaban J connectivity index is 2.04. The Labute approximate surface area is 105 Å². The molecule has 0 bridgehead atoms. The van der Waals surface area contributed by atoms with Crippen LogP contribution < -0.4 is 11.1 Å². The van der Waals surface area contributed by atoms with Crippen molar-refractivity contribution in [2.24, 2.45) is 11.8 Å². The minimum absolute atomic E-state index is 0.0763. The van der Waals surface area contributed by atoms with Crippen LogP contribution >= 0.6 is 0 Å². The topological polar surface area (TPSA) is 64.3 Å². The van der Waals surface area contributed by atoms with E-state index in [0.29, 0.717) is 25.3 Å². The second kappa shape index (κ2) is 5.35. The van der Waals surface area contributed by atoms with Crippen LogP contribution in [0.25, 0.3) is 0 Å². The van der Waals surface area contributed by atoms with Gasteiger partial charge >= 0.3 is 0 Å². The molecule has 2 atom stereocenters. The molecule has 0 radical (unpaired) electrons. The summed E-state index contributed by atoms with van der Waals surface area (Å²) in [7, 11) is 0. The Morgan fingerprint density at radius 1 is 1.56 bits per heavy atom. The zero-order chi connectivity index (χ0) is 13.1. The number of carbonyl (C=O) groups is 1. The Kier molecular flexibility index (Phi) is 3.81. The molecule has 0 spiro atoms. The van der Waals surface area contributed by atoms with Crippen molar-refractivity contribution in [3.05, 3.63) is 24.0 Å². The van der Waals surface area contributed by atoms with E-state index in [1.165, 1.54) is 12.1 Å². The van der Waals surface area contributed by atoms with Gasteiger partial charge in [0.25, 0.3) is 0 Å². The lowest BCUT2D eigenvalue weighted by Crippen LogP contribution is -2.35. The van der Waals surface area contributed by atoms with E-state index in [4.69, 9.17) is 10.5 Å². The number of nitrogen functional groups attached to an aromatic ring is 1. The summed E-state index contributed by atoms with van der Waals surface area (Å²) in [6.07, 6.45) is 0.699. The van der Waals surface area contributed by atoms with Gasteiger partial charge in [0.1, 0.15) is 5.82 Å². The Bertz CT molecular complexity index is 451. The zero-order valence-corrected chi connectivity index (χ0v) is 10.3. The van der Waals surface area contributed by atoms with Crippen molar-refractivity contribution in [1.29, 1.82) is 0 Å². The highest BCUT2D eigenvalue weighted by molar-refractivity contribution is 5.92. The summed E-state index contributed by atoms with van der Waals surface area (Å²) in [5.74, 6) is -0.514. The van der Waals surface area contributed by atoms with Gasteiger partial charge in [-0.25, -0.2) is 4.39 Å². The van der Waals surface area contributed by atoms with Crippen LogP contribution in [0.5, 0.6) is 0 Å². The van der Waals surface area contributed by atoms with Gasteiger partial charge in [0.2, 0.25) is 5.91 Å². The Morgan fingerprint density at radius 3 is 3.00 bits per heavy atom. The molecule has 98 valence electrons. The zero-order valence-electron chi connectivity index (χ0n) is 10.3. The van der Waals surface area contributed by atoms with Gasteiger partial charge in [0, 0.05) is 24.8 Å². The Hall–Kier alpha value is -1.62.